The minimum absolute atomic E-state index is 0.0975. The van der Waals surface area contributed by atoms with Gasteiger partial charge in [-0.2, -0.15) is 9.49 Å². The highest BCUT2D eigenvalue weighted by atomic mass is 19.1. The summed E-state index contributed by atoms with van der Waals surface area (Å²) in [6, 6.07) is 3.32. The number of carbonyl (C=O) groups is 1. The molecule has 128 valence electrons. The van der Waals surface area contributed by atoms with E-state index in [1.54, 1.807) is 10.7 Å². The number of hydrogen-bond donors (Lipinski definition) is 1. The van der Waals surface area contributed by atoms with Gasteiger partial charge in [-0.15, -0.1) is 0 Å². The second-order valence-corrected chi connectivity index (χ2v) is 5.60. The third kappa shape index (κ3) is 3.23. The molecule has 7 nitrogen and oxygen atoms in total. The molecular weight excluding hydrogens is 315 g/mol. The van der Waals surface area contributed by atoms with Crippen LogP contribution in [-0.2, 0) is 4.74 Å². The first kappa shape index (κ1) is 16.4. The van der Waals surface area contributed by atoms with Crippen molar-refractivity contribution in [3.8, 4) is 5.75 Å². The predicted molar refractivity (Wildman–Crippen MR) is 84.8 cm³/mol. The van der Waals surface area contributed by atoms with E-state index in [1.807, 2.05) is 6.92 Å². The van der Waals surface area contributed by atoms with Gasteiger partial charge in [0.1, 0.15) is 5.69 Å². The van der Waals surface area contributed by atoms with Crippen LogP contribution in [0.5, 0.6) is 5.75 Å². The van der Waals surface area contributed by atoms with Crippen molar-refractivity contribution in [2.24, 2.45) is 0 Å². The third-order valence-corrected chi connectivity index (χ3v) is 3.94. The van der Waals surface area contributed by atoms with Crippen LogP contribution in [0.25, 0.3) is 0 Å². The first-order chi connectivity index (χ1) is 11.6. The summed E-state index contributed by atoms with van der Waals surface area (Å²) >= 11 is 0. The number of nitrogens with one attached hydrogen (secondary N) is 1. The van der Waals surface area contributed by atoms with Crippen molar-refractivity contribution >= 4 is 11.6 Å². The maximum absolute atomic E-state index is 13.7. The van der Waals surface area contributed by atoms with Gasteiger partial charge in [-0.3, -0.25) is 9.48 Å². The summed E-state index contributed by atoms with van der Waals surface area (Å²) in [4.78, 5) is 16.2. The number of aromatic nitrogens is 3. The average Bonchev–Trinajstić information content (AvgIpc) is 2.98. The van der Waals surface area contributed by atoms with E-state index in [4.69, 9.17) is 9.47 Å². The molecule has 3 rings (SSSR count). The molecule has 2 aromatic rings. The van der Waals surface area contributed by atoms with Crippen LogP contribution < -0.4 is 10.1 Å². The minimum Gasteiger partial charge on any atom is -0.490 e. The van der Waals surface area contributed by atoms with E-state index in [2.05, 4.69) is 15.4 Å². The number of ether oxygens (including phenoxy) is 2. The minimum atomic E-state index is -0.774. The van der Waals surface area contributed by atoms with E-state index in [9.17, 15) is 9.18 Å². The van der Waals surface area contributed by atoms with Gasteiger partial charge in [0, 0.05) is 19.4 Å². The van der Waals surface area contributed by atoms with Gasteiger partial charge in [0.2, 0.25) is 0 Å². The molecule has 24 heavy (non-hydrogen) atoms. The van der Waals surface area contributed by atoms with Gasteiger partial charge >= 0.3 is 0 Å². The van der Waals surface area contributed by atoms with Crippen LogP contribution in [0, 0.1) is 12.9 Å². The number of methoxy groups -OCH3 is 1. The second kappa shape index (κ2) is 6.96. The summed E-state index contributed by atoms with van der Waals surface area (Å²) < 4.78 is 25.7. The Kier molecular flexibility index (Phi) is 4.75. The standard InChI is InChI=1S/C16H19FN4O3/c1-10-9-13(21(20-10)11-4-7-24-8-5-11)16(22)19-12-3-6-18-15(17)14(12)23-2/h3,6,9,11H,4-5,7-8H2,1-2H3,(H,18,19,22). The Morgan fingerprint density at radius 1 is 1.46 bits per heavy atom. The molecule has 1 N–H and O–H groups in total. The molecule has 1 aliphatic rings. The normalized spacial score (nSPS) is 15.3. The number of halogens is 1. The van der Waals surface area contributed by atoms with Crippen molar-refractivity contribution in [3.05, 3.63) is 35.7 Å². The molecule has 0 aliphatic carbocycles. The SMILES string of the molecule is COc1c(NC(=O)c2cc(C)nn2C2CCOCC2)ccnc1F. The van der Waals surface area contributed by atoms with E-state index in [-0.39, 0.29) is 23.4 Å². The highest BCUT2D eigenvalue weighted by molar-refractivity contribution is 6.04. The number of hydrogen-bond acceptors (Lipinski definition) is 5. The monoisotopic (exact) mass is 334 g/mol. The molecule has 0 unspecified atom stereocenters. The summed E-state index contributed by atoms with van der Waals surface area (Å²) in [5.41, 5.74) is 1.41. The Morgan fingerprint density at radius 3 is 2.92 bits per heavy atom. The zero-order valence-electron chi connectivity index (χ0n) is 13.6. The van der Waals surface area contributed by atoms with E-state index < -0.39 is 5.95 Å². The summed E-state index contributed by atoms with van der Waals surface area (Å²) in [5, 5.41) is 7.12. The van der Waals surface area contributed by atoms with E-state index in [0.29, 0.717) is 18.9 Å². The van der Waals surface area contributed by atoms with Gasteiger partial charge in [-0.25, -0.2) is 4.98 Å². The van der Waals surface area contributed by atoms with Crippen LogP contribution in [0.3, 0.4) is 0 Å². The third-order valence-electron chi connectivity index (χ3n) is 3.94. The fourth-order valence-electron chi connectivity index (χ4n) is 2.80. The summed E-state index contributed by atoms with van der Waals surface area (Å²) in [5.74, 6) is -1.24. The fraction of sp³-hybridized carbons (Fsp3) is 0.438. The van der Waals surface area contributed by atoms with Crippen LogP contribution in [0.1, 0.15) is 35.1 Å². The first-order valence-corrected chi connectivity index (χ1v) is 7.74. The number of aryl methyl sites for hydroxylation is 1. The Hall–Kier alpha value is -2.48. The van der Waals surface area contributed by atoms with Crippen molar-refractivity contribution in [1.82, 2.24) is 14.8 Å². The maximum Gasteiger partial charge on any atom is 0.274 e. The lowest BCUT2D eigenvalue weighted by Gasteiger charge is -2.24. The average molecular weight is 334 g/mol. The molecule has 0 spiro atoms. The molecule has 1 fully saturated rings. The van der Waals surface area contributed by atoms with Gasteiger partial charge in [0.05, 0.1) is 24.5 Å². The molecular formula is C16H19FN4O3. The molecule has 0 atom stereocenters. The van der Waals surface area contributed by atoms with Crippen LogP contribution in [0.15, 0.2) is 18.3 Å². The number of anilines is 1. The van der Waals surface area contributed by atoms with Gasteiger partial charge in [-0.1, -0.05) is 0 Å². The van der Waals surface area contributed by atoms with Crippen LogP contribution in [0.2, 0.25) is 0 Å². The van der Waals surface area contributed by atoms with Gasteiger partial charge in [-0.05, 0) is 31.9 Å². The zero-order valence-corrected chi connectivity index (χ0v) is 13.6. The Balaban J connectivity index is 1.87. The lowest BCUT2D eigenvalue weighted by Crippen LogP contribution is -2.25. The molecule has 0 aromatic carbocycles. The largest absolute Gasteiger partial charge is 0.490 e. The quantitative estimate of drug-likeness (QED) is 0.868. The number of pyridine rings is 1. The smallest absolute Gasteiger partial charge is 0.274 e. The van der Waals surface area contributed by atoms with Crippen LogP contribution in [-0.4, -0.2) is 41.0 Å². The lowest BCUT2D eigenvalue weighted by atomic mass is 10.1. The van der Waals surface area contributed by atoms with Crippen LogP contribution in [0.4, 0.5) is 10.1 Å². The van der Waals surface area contributed by atoms with Crippen LogP contribution >= 0.6 is 0 Å². The number of amides is 1. The van der Waals surface area contributed by atoms with Gasteiger partial charge in [0.15, 0.2) is 5.75 Å². The zero-order chi connectivity index (χ0) is 17.1. The molecule has 1 amide bonds. The van der Waals surface area contributed by atoms with Crippen molar-refractivity contribution < 1.29 is 18.7 Å². The van der Waals surface area contributed by atoms with E-state index in [1.165, 1.54) is 19.4 Å². The molecule has 1 aliphatic heterocycles. The summed E-state index contributed by atoms with van der Waals surface area (Å²) in [6.07, 6.45) is 2.87. The second-order valence-electron chi connectivity index (χ2n) is 5.60. The molecule has 3 heterocycles. The Labute approximate surface area is 138 Å². The van der Waals surface area contributed by atoms with Gasteiger partial charge in [0.25, 0.3) is 11.9 Å². The lowest BCUT2D eigenvalue weighted by molar-refractivity contribution is 0.0646. The molecule has 2 aromatic heterocycles. The van der Waals surface area contributed by atoms with Crippen molar-refractivity contribution in [3.63, 3.8) is 0 Å². The number of carbonyl (C=O) groups excluding carboxylic acids is 1. The van der Waals surface area contributed by atoms with E-state index >= 15 is 0 Å². The highest BCUT2D eigenvalue weighted by Gasteiger charge is 2.24. The van der Waals surface area contributed by atoms with Gasteiger partial charge < -0.3 is 14.8 Å². The van der Waals surface area contributed by atoms with E-state index in [0.717, 1.165) is 18.5 Å². The van der Waals surface area contributed by atoms with Crippen molar-refractivity contribution in [1.29, 1.82) is 0 Å². The maximum atomic E-state index is 13.7. The Morgan fingerprint density at radius 2 is 2.21 bits per heavy atom. The van der Waals surface area contributed by atoms with Crippen molar-refractivity contribution in [2.75, 3.05) is 25.6 Å². The molecule has 0 radical (unpaired) electrons. The first-order valence-electron chi connectivity index (χ1n) is 7.74. The molecule has 0 saturated carbocycles. The summed E-state index contributed by atoms with van der Waals surface area (Å²) in [7, 11) is 1.33. The molecule has 8 heteroatoms. The topological polar surface area (TPSA) is 78.3 Å². The number of rotatable bonds is 4. The molecule has 0 bridgehead atoms. The molecule has 1 saturated heterocycles. The fourth-order valence-corrected chi connectivity index (χ4v) is 2.80. The predicted octanol–water partition coefficient (Wildman–Crippen LogP) is 2.34. The number of nitrogens with zero attached hydrogens (tertiary/aromatic N) is 3. The highest BCUT2D eigenvalue weighted by Crippen LogP contribution is 2.27. The summed E-state index contributed by atoms with van der Waals surface area (Å²) in [6.45, 7) is 3.13. The Bertz CT molecular complexity index is 741. The van der Waals surface area contributed by atoms with Crippen molar-refractivity contribution in [2.45, 2.75) is 25.8 Å².